The van der Waals surface area contributed by atoms with E-state index in [2.05, 4.69) is 15.1 Å². The number of benzene rings is 1. The third-order valence-electron chi connectivity index (χ3n) is 5.88. The molecule has 27 heavy (non-hydrogen) atoms. The van der Waals surface area contributed by atoms with E-state index in [0.717, 1.165) is 54.6 Å². The molecular weight excluding hydrogens is 340 g/mol. The summed E-state index contributed by atoms with van der Waals surface area (Å²) in [6.07, 6.45) is 0. The molecule has 2 saturated heterocycles. The van der Waals surface area contributed by atoms with Crippen molar-refractivity contribution in [2.75, 3.05) is 31.1 Å². The molecule has 1 amide bonds. The van der Waals surface area contributed by atoms with Gasteiger partial charge in [0, 0.05) is 43.6 Å². The molecule has 0 radical (unpaired) electrons. The van der Waals surface area contributed by atoms with Gasteiger partial charge in [0.25, 0.3) is 5.91 Å². The minimum Gasteiger partial charge on any atom is -0.354 e. The van der Waals surface area contributed by atoms with E-state index in [1.807, 2.05) is 55.1 Å². The van der Waals surface area contributed by atoms with Crippen molar-refractivity contribution in [3.63, 3.8) is 0 Å². The van der Waals surface area contributed by atoms with Gasteiger partial charge >= 0.3 is 0 Å². The van der Waals surface area contributed by atoms with E-state index in [4.69, 9.17) is 5.10 Å². The van der Waals surface area contributed by atoms with Crippen LogP contribution >= 0.6 is 0 Å². The minimum absolute atomic E-state index is 0.161. The molecule has 7 nitrogen and oxygen atoms in total. The third-order valence-corrected chi connectivity index (χ3v) is 5.88. The zero-order valence-electron chi connectivity index (χ0n) is 15.5. The first kappa shape index (κ1) is 16.2. The van der Waals surface area contributed by atoms with E-state index in [0.29, 0.717) is 11.8 Å². The number of fused-ring (bicyclic) bond motifs is 2. The molecule has 0 saturated carbocycles. The van der Waals surface area contributed by atoms with Crippen LogP contribution in [0.2, 0.25) is 0 Å². The van der Waals surface area contributed by atoms with Crippen LogP contribution in [0.4, 0.5) is 5.82 Å². The van der Waals surface area contributed by atoms with Gasteiger partial charge in [-0.1, -0.05) is 18.2 Å². The van der Waals surface area contributed by atoms with Crippen molar-refractivity contribution in [2.45, 2.75) is 13.8 Å². The Bertz CT molecular complexity index is 1010. The lowest BCUT2D eigenvalue weighted by Crippen LogP contribution is -2.34. The summed E-state index contributed by atoms with van der Waals surface area (Å²) in [7, 11) is 0. The van der Waals surface area contributed by atoms with E-state index in [1.54, 1.807) is 4.52 Å². The van der Waals surface area contributed by atoms with Gasteiger partial charge in [0.2, 0.25) is 0 Å². The highest BCUT2D eigenvalue weighted by Crippen LogP contribution is 2.34. The van der Waals surface area contributed by atoms with Crippen LogP contribution in [0.1, 0.15) is 21.7 Å². The summed E-state index contributed by atoms with van der Waals surface area (Å²) in [6, 6.07) is 11.8. The van der Waals surface area contributed by atoms with Crippen molar-refractivity contribution in [1.29, 1.82) is 0 Å². The van der Waals surface area contributed by atoms with Crippen LogP contribution in [-0.4, -0.2) is 56.8 Å². The van der Waals surface area contributed by atoms with Gasteiger partial charge in [-0.05, 0) is 37.6 Å². The van der Waals surface area contributed by atoms with Crippen molar-refractivity contribution in [1.82, 2.24) is 24.7 Å². The fourth-order valence-corrected chi connectivity index (χ4v) is 4.38. The first-order valence-electron chi connectivity index (χ1n) is 9.39. The van der Waals surface area contributed by atoms with Crippen LogP contribution in [0.3, 0.4) is 0 Å². The number of amides is 1. The average molecular weight is 362 g/mol. The van der Waals surface area contributed by atoms with Crippen molar-refractivity contribution in [3.05, 3.63) is 53.3 Å². The summed E-state index contributed by atoms with van der Waals surface area (Å²) in [5.74, 6) is 2.90. The highest BCUT2D eigenvalue weighted by atomic mass is 16.2. The molecule has 0 bridgehead atoms. The average Bonchev–Trinajstić information content (AvgIpc) is 3.35. The largest absolute Gasteiger partial charge is 0.354 e. The number of nitrogens with zero attached hydrogens (tertiary/aromatic N) is 6. The number of carbonyl (C=O) groups excluding carboxylic acids is 1. The Labute approximate surface area is 157 Å². The van der Waals surface area contributed by atoms with Gasteiger partial charge in [-0.2, -0.15) is 4.52 Å². The molecule has 2 aromatic heterocycles. The maximum Gasteiger partial charge on any atom is 0.254 e. The molecule has 2 aliphatic heterocycles. The molecule has 2 atom stereocenters. The predicted octanol–water partition coefficient (Wildman–Crippen LogP) is 1.95. The quantitative estimate of drug-likeness (QED) is 0.697. The van der Waals surface area contributed by atoms with Gasteiger partial charge in [-0.15, -0.1) is 15.3 Å². The number of hydrogen-bond acceptors (Lipinski definition) is 5. The van der Waals surface area contributed by atoms with Crippen LogP contribution in [-0.2, 0) is 0 Å². The highest BCUT2D eigenvalue weighted by Gasteiger charge is 2.42. The summed E-state index contributed by atoms with van der Waals surface area (Å²) in [4.78, 5) is 17.2. The minimum atomic E-state index is 0.161. The van der Waals surface area contributed by atoms with E-state index in [1.165, 1.54) is 0 Å². The lowest BCUT2D eigenvalue weighted by Gasteiger charge is -2.23. The van der Waals surface area contributed by atoms with Crippen LogP contribution in [0, 0.1) is 25.7 Å². The number of aromatic nitrogens is 4. The van der Waals surface area contributed by atoms with E-state index >= 15 is 0 Å². The number of carbonyl (C=O) groups is 1. The zero-order chi connectivity index (χ0) is 18.5. The van der Waals surface area contributed by atoms with E-state index < -0.39 is 0 Å². The van der Waals surface area contributed by atoms with Crippen LogP contribution in [0.15, 0.2) is 36.4 Å². The molecule has 1 aromatic carbocycles. The summed E-state index contributed by atoms with van der Waals surface area (Å²) >= 11 is 0. The number of anilines is 1. The molecular formula is C20H22N6O. The second-order valence-corrected chi connectivity index (χ2v) is 7.66. The fourth-order valence-electron chi connectivity index (χ4n) is 4.38. The molecule has 5 rings (SSSR count). The molecule has 7 heteroatoms. The molecule has 138 valence electrons. The number of rotatable bonds is 2. The SMILES string of the molecule is Cc1ccccc1C(=O)N1CC2CN(c3ccc4nnc(C)n4n3)CC2C1. The first-order chi connectivity index (χ1) is 13.1. The van der Waals surface area contributed by atoms with E-state index in [-0.39, 0.29) is 5.91 Å². The molecule has 0 N–H and O–H groups in total. The maximum absolute atomic E-state index is 12.9. The normalized spacial score (nSPS) is 21.9. The number of hydrogen-bond donors (Lipinski definition) is 0. The third kappa shape index (κ3) is 2.65. The lowest BCUT2D eigenvalue weighted by atomic mass is 10.0. The van der Waals surface area contributed by atoms with Crippen LogP contribution in [0.5, 0.6) is 0 Å². The molecule has 4 heterocycles. The monoisotopic (exact) mass is 362 g/mol. The summed E-state index contributed by atoms with van der Waals surface area (Å²) in [5, 5.41) is 12.9. The Balaban J connectivity index is 1.31. The second-order valence-electron chi connectivity index (χ2n) is 7.66. The van der Waals surface area contributed by atoms with E-state index in [9.17, 15) is 4.79 Å². The molecule has 0 aliphatic carbocycles. The van der Waals surface area contributed by atoms with Gasteiger partial charge in [0.05, 0.1) is 0 Å². The van der Waals surface area contributed by atoms with Gasteiger partial charge in [-0.3, -0.25) is 4.79 Å². The predicted molar refractivity (Wildman–Crippen MR) is 102 cm³/mol. The van der Waals surface area contributed by atoms with Crippen LogP contribution in [0.25, 0.3) is 5.65 Å². The number of likely N-dealkylation sites (tertiary alicyclic amines) is 1. The van der Waals surface area contributed by atoms with Gasteiger partial charge in [0.15, 0.2) is 11.5 Å². The summed E-state index contributed by atoms with van der Waals surface area (Å²) < 4.78 is 1.79. The van der Waals surface area contributed by atoms with Crippen molar-refractivity contribution < 1.29 is 4.79 Å². The van der Waals surface area contributed by atoms with Crippen molar-refractivity contribution in [2.24, 2.45) is 11.8 Å². The topological polar surface area (TPSA) is 66.6 Å². The molecule has 2 fully saturated rings. The Kier molecular flexibility index (Phi) is 3.63. The lowest BCUT2D eigenvalue weighted by molar-refractivity contribution is 0.0782. The summed E-state index contributed by atoms with van der Waals surface area (Å²) in [6.45, 7) is 7.42. The molecule has 2 unspecified atom stereocenters. The molecule has 2 aliphatic rings. The Morgan fingerprint density at radius 3 is 2.44 bits per heavy atom. The smallest absolute Gasteiger partial charge is 0.254 e. The fraction of sp³-hybridized carbons (Fsp3) is 0.400. The van der Waals surface area contributed by atoms with Crippen molar-refractivity contribution >= 4 is 17.4 Å². The highest BCUT2D eigenvalue weighted by molar-refractivity contribution is 5.95. The Morgan fingerprint density at radius 2 is 1.70 bits per heavy atom. The Morgan fingerprint density at radius 1 is 0.963 bits per heavy atom. The Hall–Kier alpha value is -2.96. The molecule has 0 spiro atoms. The second kappa shape index (κ2) is 6.04. The standard InChI is InChI=1S/C20H22N6O/c1-13-5-3-4-6-17(13)20(27)25-11-15-9-24(10-16(15)12-25)19-8-7-18-22-21-14(2)26(18)23-19/h3-8,15-16H,9-12H2,1-2H3. The maximum atomic E-state index is 12.9. The van der Waals surface area contributed by atoms with Crippen LogP contribution < -0.4 is 4.90 Å². The van der Waals surface area contributed by atoms with Gasteiger partial charge in [0.1, 0.15) is 5.82 Å². The van der Waals surface area contributed by atoms with Gasteiger partial charge in [-0.25, -0.2) is 0 Å². The number of aryl methyl sites for hydroxylation is 2. The zero-order valence-corrected chi connectivity index (χ0v) is 15.5. The molecule has 3 aromatic rings. The summed E-state index contributed by atoms with van der Waals surface area (Å²) in [5.41, 5.74) is 2.64. The van der Waals surface area contributed by atoms with Crippen molar-refractivity contribution in [3.8, 4) is 0 Å². The first-order valence-corrected chi connectivity index (χ1v) is 9.39. The van der Waals surface area contributed by atoms with Gasteiger partial charge < -0.3 is 9.80 Å².